The minimum Gasteiger partial charge on any atom is -0.481 e. The van der Waals surface area contributed by atoms with Crippen LogP contribution in [0.5, 0.6) is 0 Å². The quantitative estimate of drug-likeness (QED) is 0.365. The number of rotatable bonds is 13. The van der Waals surface area contributed by atoms with E-state index in [4.69, 9.17) is 10.8 Å². The maximum absolute atomic E-state index is 12.4. The average molecular weight is 394 g/mol. The van der Waals surface area contributed by atoms with Gasteiger partial charge in [0.2, 0.25) is 11.8 Å². The molecule has 5 N–H and O–H groups in total. The highest BCUT2D eigenvalue weighted by atomic mass is 32.2. The fourth-order valence-electron chi connectivity index (χ4n) is 2.29. The van der Waals surface area contributed by atoms with Crippen molar-refractivity contribution in [2.75, 3.05) is 30.6 Å². The minimum absolute atomic E-state index is 0.0146. The number of thioether (sulfide) groups is 2. The van der Waals surface area contributed by atoms with Gasteiger partial charge in [0.15, 0.2) is 0 Å². The van der Waals surface area contributed by atoms with Crippen molar-refractivity contribution < 1.29 is 19.5 Å². The normalized spacial score (nSPS) is 14.6. The monoisotopic (exact) mass is 393 g/mol. The van der Waals surface area contributed by atoms with Gasteiger partial charge in [0.25, 0.3) is 0 Å². The Labute approximate surface area is 158 Å². The average Bonchev–Trinajstić information content (AvgIpc) is 2.54. The van der Waals surface area contributed by atoms with Crippen LogP contribution in [0.25, 0.3) is 0 Å². The SMILES string of the molecule is CSCCC(CSC)NC(=O)C(CN)NC(=O)C(CC(=O)O)C(C)C. The zero-order valence-electron chi connectivity index (χ0n) is 15.4. The molecule has 9 heteroatoms. The van der Waals surface area contributed by atoms with E-state index in [-0.39, 0.29) is 30.8 Å². The smallest absolute Gasteiger partial charge is 0.304 e. The van der Waals surface area contributed by atoms with E-state index in [9.17, 15) is 14.4 Å². The van der Waals surface area contributed by atoms with Crippen LogP contribution >= 0.6 is 23.5 Å². The molecule has 0 rings (SSSR count). The molecule has 0 heterocycles. The van der Waals surface area contributed by atoms with Crippen LogP contribution in [0.15, 0.2) is 0 Å². The number of carbonyl (C=O) groups is 3. The predicted molar refractivity (Wildman–Crippen MR) is 105 cm³/mol. The van der Waals surface area contributed by atoms with Crippen LogP contribution in [0, 0.1) is 11.8 Å². The Balaban J connectivity index is 4.84. The molecule has 146 valence electrons. The second-order valence-corrected chi connectivity index (χ2v) is 8.08. The van der Waals surface area contributed by atoms with E-state index in [0.29, 0.717) is 0 Å². The number of nitrogens with one attached hydrogen (secondary N) is 2. The summed E-state index contributed by atoms with van der Waals surface area (Å²) in [5.41, 5.74) is 5.65. The first-order valence-electron chi connectivity index (χ1n) is 8.27. The molecule has 2 amide bonds. The third-order valence-electron chi connectivity index (χ3n) is 3.79. The van der Waals surface area contributed by atoms with Crippen LogP contribution in [0.1, 0.15) is 26.7 Å². The molecule has 0 aliphatic carbocycles. The van der Waals surface area contributed by atoms with Crippen LogP contribution in [0.4, 0.5) is 0 Å². The molecule has 0 bridgehead atoms. The Hall–Kier alpha value is -0.930. The summed E-state index contributed by atoms with van der Waals surface area (Å²) in [6.45, 7) is 3.52. The number of carbonyl (C=O) groups excluding carboxylic acids is 2. The van der Waals surface area contributed by atoms with E-state index >= 15 is 0 Å². The van der Waals surface area contributed by atoms with Crippen molar-refractivity contribution in [1.82, 2.24) is 10.6 Å². The van der Waals surface area contributed by atoms with Gasteiger partial charge in [-0.3, -0.25) is 14.4 Å². The Bertz CT molecular complexity index is 436. The van der Waals surface area contributed by atoms with Crippen molar-refractivity contribution in [3.8, 4) is 0 Å². The van der Waals surface area contributed by atoms with Crippen molar-refractivity contribution in [2.45, 2.75) is 38.8 Å². The van der Waals surface area contributed by atoms with Gasteiger partial charge < -0.3 is 21.5 Å². The van der Waals surface area contributed by atoms with Crippen molar-refractivity contribution in [3.63, 3.8) is 0 Å². The first-order valence-corrected chi connectivity index (χ1v) is 11.1. The van der Waals surface area contributed by atoms with Crippen LogP contribution in [-0.4, -0.2) is 65.5 Å². The summed E-state index contributed by atoms with van der Waals surface area (Å²) >= 11 is 3.35. The molecule has 0 saturated carbocycles. The highest BCUT2D eigenvalue weighted by molar-refractivity contribution is 7.98. The summed E-state index contributed by atoms with van der Waals surface area (Å²) < 4.78 is 0. The lowest BCUT2D eigenvalue weighted by Crippen LogP contribution is -2.55. The molecule has 0 aromatic heterocycles. The number of aliphatic carboxylic acids is 1. The van der Waals surface area contributed by atoms with Gasteiger partial charge in [-0.05, 0) is 30.6 Å². The Morgan fingerprint density at radius 3 is 2.16 bits per heavy atom. The van der Waals surface area contributed by atoms with Crippen LogP contribution in [0.2, 0.25) is 0 Å². The number of hydrogen-bond acceptors (Lipinski definition) is 6. The Kier molecular flexibility index (Phi) is 12.8. The fraction of sp³-hybridized carbons (Fsp3) is 0.812. The molecule has 3 unspecified atom stereocenters. The van der Waals surface area contributed by atoms with Gasteiger partial charge in [0.05, 0.1) is 12.3 Å². The van der Waals surface area contributed by atoms with Crippen molar-refractivity contribution in [1.29, 1.82) is 0 Å². The zero-order valence-corrected chi connectivity index (χ0v) is 17.0. The molecular weight excluding hydrogens is 362 g/mol. The van der Waals surface area contributed by atoms with Crippen LogP contribution in [-0.2, 0) is 14.4 Å². The number of hydrogen-bond donors (Lipinski definition) is 4. The third-order valence-corrected chi connectivity index (χ3v) is 5.17. The fourth-order valence-corrected chi connectivity index (χ4v) is 3.46. The lowest BCUT2D eigenvalue weighted by atomic mass is 9.91. The summed E-state index contributed by atoms with van der Waals surface area (Å²) in [7, 11) is 0. The van der Waals surface area contributed by atoms with Gasteiger partial charge in [-0.15, -0.1) is 0 Å². The summed E-state index contributed by atoms with van der Waals surface area (Å²) in [5.74, 6) is -0.951. The van der Waals surface area contributed by atoms with E-state index < -0.39 is 23.8 Å². The number of carboxylic acids is 1. The predicted octanol–water partition coefficient (Wildman–Crippen LogP) is 0.778. The number of amides is 2. The Morgan fingerprint density at radius 1 is 1.08 bits per heavy atom. The molecule has 0 fully saturated rings. The van der Waals surface area contributed by atoms with E-state index in [1.807, 2.05) is 12.5 Å². The second kappa shape index (κ2) is 13.3. The van der Waals surface area contributed by atoms with E-state index in [0.717, 1.165) is 17.9 Å². The third kappa shape index (κ3) is 9.96. The van der Waals surface area contributed by atoms with Gasteiger partial charge >= 0.3 is 5.97 Å². The lowest BCUT2D eigenvalue weighted by molar-refractivity contribution is -0.142. The molecule has 0 aliphatic rings. The largest absolute Gasteiger partial charge is 0.481 e. The van der Waals surface area contributed by atoms with E-state index in [2.05, 4.69) is 10.6 Å². The molecule has 0 aromatic rings. The highest BCUT2D eigenvalue weighted by Gasteiger charge is 2.29. The maximum Gasteiger partial charge on any atom is 0.304 e. The van der Waals surface area contributed by atoms with Crippen molar-refractivity contribution in [2.24, 2.45) is 17.6 Å². The molecule has 7 nitrogen and oxygen atoms in total. The van der Waals surface area contributed by atoms with Gasteiger partial charge in [-0.25, -0.2) is 0 Å². The van der Waals surface area contributed by atoms with Crippen LogP contribution < -0.4 is 16.4 Å². The van der Waals surface area contributed by atoms with Crippen molar-refractivity contribution >= 4 is 41.3 Å². The standard InChI is InChI=1S/C16H31N3O4S2/c1-10(2)12(7-14(20)21)15(22)19-13(8-17)16(23)18-11(9-25-4)5-6-24-3/h10-13H,5-9,17H2,1-4H3,(H,18,23)(H,19,22)(H,20,21). The number of nitrogens with two attached hydrogens (primary N) is 1. The molecule has 0 saturated heterocycles. The lowest BCUT2D eigenvalue weighted by Gasteiger charge is -2.25. The van der Waals surface area contributed by atoms with Crippen LogP contribution in [0.3, 0.4) is 0 Å². The first kappa shape index (κ1) is 24.1. The number of carboxylic acid groups (broad SMARTS) is 1. The molecule has 3 atom stereocenters. The molecule has 0 aliphatic heterocycles. The van der Waals surface area contributed by atoms with Crippen molar-refractivity contribution in [3.05, 3.63) is 0 Å². The van der Waals surface area contributed by atoms with Gasteiger partial charge in [-0.2, -0.15) is 23.5 Å². The van der Waals surface area contributed by atoms with E-state index in [1.54, 1.807) is 37.4 Å². The van der Waals surface area contributed by atoms with Gasteiger partial charge in [0.1, 0.15) is 6.04 Å². The maximum atomic E-state index is 12.4. The molecule has 0 radical (unpaired) electrons. The topological polar surface area (TPSA) is 122 Å². The highest BCUT2D eigenvalue weighted by Crippen LogP contribution is 2.16. The van der Waals surface area contributed by atoms with E-state index in [1.165, 1.54) is 0 Å². The molecule has 0 spiro atoms. The first-order chi connectivity index (χ1) is 11.8. The minimum atomic E-state index is -1.04. The summed E-state index contributed by atoms with van der Waals surface area (Å²) in [5, 5.41) is 14.5. The van der Waals surface area contributed by atoms with Gasteiger partial charge in [0, 0.05) is 18.3 Å². The molecule has 0 aromatic carbocycles. The zero-order chi connectivity index (χ0) is 19.4. The molecular formula is C16H31N3O4S2. The van der Waals surface area contributed by atoms with Gasteiger partial charge in [-0.1, -0.05) is 13.8 Å². The second-order valence-electron chi connectivity index (χ2n) is 6.19. The Morgan fingerprint density at radius 2 is 1.72 bits per heavy atom. The molecule has 25 heavy (non-hydrogen) atoms. The summed E-state index contributed by atoms with van der Waals surface area (Å²) in [6.07, 6.45) is 4.55. The summed E-state index contributed by atoms with van der Waals surface area (Å²) in [6, 6.07) is -0.845. The summed E-state index contributed by atoms with van der Waals surface area (Å²) in [4.78, 5) is 35.7.